The molecule has 1 aromatic carbocycles. The normalized spacial score (nSPS) is 11.1. The molecule has 0 aliphatic rings. The molecular formula is C33H56O5. The molecule has 5 heteroatoms. The maximum atomic E-state index is 10.7. The highest BCUT2D eigenvalue weighted by molar-refractivity contribution is 5.66. The van der Waals surface area contributed by atoms with Gasteiger partial charge in [-0.15, -0.1) is 0 Å². The molecule has 0 fully saturated rings. The fourth-order valence-corrected chi connectivity index (χ4v) is 5.09. The number of aryl methyl sites for hydroxylation is 1. The minimum absolute atomic E-state index is 0.287. The summed E-state index contributed by atoms with van der Waals surface area (Å²) in [6, 6.07) is 6.57. The summed E-state index contributed by atoms with van der Waals surface area (Å²) in [4.78, 5) is 21.3. The number of hydrogen-bond donors (Lipinski definition) is 2. The Balaban J connectivity index is 2.48. The van der Waals surface area contributed by atoms with E-state index in [1.165, 1.54) is 68.9 Å². The number of aliphatic carboxylic acids is 2. The topological polar surface area (TPSA) is 83.8 Å². The van der Waals surface area contributed by atoms with Gasteiger partial charge >= 0.3 is 11.9 Å². The molecule has 0 aliphatic carbocycles. The Morgan fingerprint density at radius 2 is 1.08 bits per heavy atom. The zero-order chi connectivity index (χ0) is 27.7. The van der Waals surface area contributed by atoms with Gasteiger partial charge in [-0.05, 0) is 62.1 Å². The minimum Gasteiger partial charge on any atom is -0.493 e. The van der Waals surface area contributed by atoms with Crippen molar-refractivity contribution in [3.05, 3.63) is 29.3 Å². The van der Waals surface area contributed by atoms with E-state index >= 15 is 0 Å². The Morgan fingerprint density at radius 1 is 0.605 bits per heavy atom. The molecule has 0 heterocycles. The highest BCUT2D eigenvalue weighted by Gasteiger charge is 2.10. The molecule has 0 saturated carbocycles. The van der Waals surface area contributed by atoms with Gasteiger partial charge in [0.2, 0.25) is 0 Å². The first-order valence-corrected chi connectivity index (χ1v) is 15.7. The van der Waals surface area contributed by atoms with Gasteiger partial charge in [0.1, 0.15) is 5.75 Å². The fraction of sp³-hybridized carbons (Fsp3) is 0.758. The largest absolute Gasteiger partial charge is 0.493 e. The van der Waals surface area contributed by atoms with E-state index in [0.29, 0.717) is 0 Å². The molecule has 0 aliphatic heterocycles. The SMILES string of the molecule is CCCCCCCCCOc1cccc(CCCCCCCCC(=O)O)c1CCCCCCCCC(=O)O. The lowest BCUT2D eigenvalue weighted by Gasteiger charge is -2.16. The Morgan fingerprint density at radius 3 is 1.63 bits per heavy atom. The summed E-state index contributed by atoms with van der Waals surface area (Å²) in [5, 5.41) is 17.5. The highest BCUT2D eigenvalue weighted by atomic mass is 16.5. The van der Waals surface area contributed by atoms with E-state index in [2.05, 4.69) is 25.1 Å². The number of rotatable bonds is 27. The smallest absolute Gasteiger partial charge is 0.303 e. The maximum absolute atomic E-state index is 10.7. The van der Waals surface area contributed by atoms with Gasteiger partial charge in [0.15, 0.2) is 0 Å². The third-order valence-corrected chi connectivity index (χ3v) is 7.39. The molecule has 218 valence electrons. The van der Waals surface area contributed by atoms with Crippen LogP contribution >= 0.6 is 0 Å². The van der Waals surface area contributed by atoms with Crippen molar-refractivity contribution in [2.24, 2.45) is 0 Å². The third-order valence-electron chi connectivity index (χ3n) is 7.39. The van der Waals surface area contributed by atoms with Gasteiger partial charge in [0, 0.05) is 12.8 Å². The van der Waals surface area contributed by atoms with Crippen molar-refractivity contribution in [2.75, 3.05) is 6.61 Å². The van der Waals surface area contributed by atoms with Crippen molar-refractivity contribution in [2.45, 2.75) is 155 Å². The van der Waals surface area contributed by atoms with Crippen molar-refractivity contribution >= 4 is 11.9 Å². The zero-order valence-corrected chi connectivity index (χ0v) is 24.3. The first-order valence-electron chi connectivity index (χ1n) is 15.7. The average molecular weight is 533 g/mol. The van der Waals surface area contributed by atoms with Crippen molar-refractivity contribution in [1.82, 2.24) is 0 Å². The van der Waals surface area contributed by atoms with E-state index in [0.717, 1.165) is 89.4 Å². The number of unbranched alkanes of at least 4 members (excludes halogenated alkanes) is 16. The number of benzene rings is 1. The molecule has 0 saturated heterocycles. The molecule has 0 atom stereocenters. The van der Waals surface area contributed by atoms with Crippen LogP contribution in [0.1, 0.15) is 153 Å². The second-order valence-corrected chi connectivity index (χ2v) is 10.9. The van der Waals surface area contributed by atoms with Crippen molar-refractivity contribution < 1.29 is 24.5 Å². The van der Waals surface area contributed by atoms with Gasteiger partial charge in [-0.25, -0.2) is 0 Å². The molecule has 0 unspecified atom stereocenters. The second kappa shape index (κ2) is 24.0. The summed E-state index contributed by atoms with van der Waals surface area (Å²) in [5.74, 6) is -0.308. The van der Waals surface area contributed by atoms with Crippen LogP contribution < -0.4 is 4.74 Å². The monoisotopic (exact) mass is 532 g/mol. The Kier molecular flexibility index (Phi) is 21.5. The zero-order valence-electron chi connectivity index (χ0n) is 24.3. The minimum atomic E-state index is -0.691. The van der Waals surface area contributed by atoms with Crippen LogP contribution in [0.4, 0.5) is 0 Å². The number of carboxylic acid groups (broad SMARTS) is 2. The van der Waals surface area contributed by atoms with Crippen LogP contribution in [0.5, 0.6) is 5.75 Å². The summed E-state index contributed by atoms with van der Waals surface area (Å²) < 4.78 is 6.33. The molecule has 2 N–H and O–H groups in total. The summed E-state index contributed by atoms with van der Waals surface area (Å²) >= 11 is 0. The van der Waals surface area contributed by atoms with Gasteiger partial charge in [0.25, 0.3) is 0 Å². The summed E-state index contributed by atoms with van der Waals surface area (Å²) in [7, 11) is 0. The van der Waals surface area contributed by atoms with E-state index in [4.69, 9.17) is 14.9 Å². The predicted molar refractivity (Wildman–Crippen MR) is 157 cm³/mol. The quantitative estimate of drug-likeness (QED) is 0.110. The van der Waals surface area contributed by atoms with Crippen LogP contribution in [-0.2, 0) is 22.4 Å². The molecule has 0 radical (unpaired) electrons. The molecule has 5 nitrogen and oxygen atoms in total. The van der Waals surface area contributed by atoms with Crippen LogP contribution in [-0.4, -0.2) is 28.8 Å². The van der Waals surface area contributed by atoms with Crippen molar-refractivity contribution in [3.8, 4) is 5.75 Å². The number of carboxylic acids is 2. The van der Waals surface area contributed by atoms with Crippen LogP contribution in [0, 0.1) is 0 Å². The lowest BCUT2D eigenvalue weighted by atomic mass is 9.95. The van der Waals surface area contributed by atoms with Crippen molar-refractivity contribution in [3.63, 3.8) is 0 Å². The van der Waals surface area contributed by atoms with E-state index < -0.39 is 11.9 Å². The fourth-order valence-electron chi connectivity index (χ4n) is 5.09. The van der Waals surface area contributed by atoms with Crippen LogP contribution in [0.15, 0.2) is 18.2 Å². The summed E-state index contributed by atoms with van der Waals surface area (Å²) in [6.45, 7) is 3.05. The Hall–Kier alpha value is -2.04. The molecule has 1 rings (SSSR count). The molecule has 1 aromatic rings. The second-order valence-electron chi connectivity index (χ2n) is 10.9. The number of carbonyl (C=O) groups is 2. The van der Waals surface area contributed by atoms with E-state index in [-0.39, 0.29) is 12.8 Å². The molecular weight excluding hydrogens is 476 g/mol. The average Bonchev–Trinajstić information content (AvgIpc) is 2.89. The van der Waals surface area contributed by atoms with Crippen LogP contribution in [0.2, 0.25) is 0 Å². The Labute approximate surface area is 232 Å². The van der Waals surface area contributed by atoms with Gasteiger partial charge in [-0.3, -0.25) is 9.59 Å². The van der Waals surface area contributed by atoms with Crippen LogP contribution in [0.25, 0.3) is 0 Å². The summed E-state index contributed by atoms with van der Waals surface area (Å²) in [5.41, 5.74) is 2.82. The van der Waals surface area contributed by atoms with E-state index in [9.17, 15) is 9.59 Å². The number of hydrogen-bond acceptors (Lipinski definition) is 3. The van der Waals surface area contributed by atoms with Gasteiger partial charge < -0.3 is 14.9 Å². The highest BCUT2D eigenvalue weighted by Crippen LogP contribution is 2.27. The molecule has 0 spiro atoms. The van der Waals surface area contributed by atoms with Gasteiger partial charge in [0.05, 0.1) is 6.61 Å². The van der Waals surface area contributed by atoms with Gasteiger partial charge in [-0.2, -0.15) is 0 Å². The molecule has 0 amide bonds. The molecule has 0 aromatic heterocycles. The maximum Gasteiger partial charge on any atom is 0.303 e. The van der Waals surface area contributed by atoms with Crippen LogP contribution in [0.3, 0.4) is 0 Å². The first kappa shape index (κ1) is 34.0. The molecule has 38 heavy (non-hydrogen) atoms. The standard InChI is InChI=1S/C33H56O5/c1-2-3-4-5-10-15-20-28-38-31-25-21-23-29(22-16-11-6-8-13-18-26-32(34)35)30(31)24-17-12-7-9-14-19-27-33(36)37/h21,23,25H,2-20,22,24,26-28H2,1H3,(H,34,35)(H,36,37). The lowest BCUT2D eigenvalue weighted by molar-refractivity contribution is -0.138. The lowest BCUT2D eigenvalue weighted by Crippen LogP contribution is -2.04. The Bertz CT molecular complexity index is 730. The first-order chi connectivity index (χ1) is 18.5. The molecule has 0 bridgehead atoms. The predicted octanol–water partition coefficient (Wildman–Crippen LogP) is 9.53. The summed E-state index contributed by atoms with van der Waals surface area (Å²) in [6.07, 6.45) is 24.5. The third kappa shape index (κ3) is 19.1. The van der Waals surface area contributed by atoms with E-state index in [1.54, 1.807) is 0 Å². The van der Waals surface area contributed by atoms with E-state index in [1.807, 2.05) is 0 Å². The van der Waals surface area contributed by atoms with Gasteiger partial charge in [-0.1, -0.05) is 109 Å². The van der Waals surface area contributed by atoms with Crippen molar-refractivity contribution in [1.29, 1.82) is 0 Å². The number of ether oxygens (including phenoxy) is 1.